The van der Waals surface area contributed by atoms with Crippen LogP contribution in [0.25, 0.3) is 10.9 Å². The van der Waals surface area contributed by atoms with Crippen LogP contribution in [0.2, 0.25) is 0 Å². The standard InChI is InChI=1S/C16H16N2O/c1-2-9-17-16(19)11-7-8-15-13(10-11)12-5-3-4-6-14(12)18-15/h1,7-8,10,18H,3-6,9H2,(H,17,19). The van der Waals surface area contributed by atoms with Crippen molar-refractivity contribution in [3.8, 4) is 12.3 Å². The fourth-order valence-corrected chi connectivity index (χ4v) is 2.78. The first kappa shape index (κ1) is 11.9. The summed E-state index contributed by atoms with van der Waals surface area (Å²) >= 11 is 0. The summed E-state index contributed by atoms with van der Waals surface area (Å²) in [4.78, 5) is 15.4. The van der Waals surface area contributed by atoms with Gasteiger partial charge in [-0.25, -0.2) is 0 Å². The van der Waals surface area contributed by atoms with Crippen molar-refractivity contribution in [1.29, 1.82) is 0 Å². The Labute approximate surface area is 112 Å². The molecular weight excluding hydrogens is 236 g/mol. The second-order valence-electron chi connectivity index (χ2n) is 4.94. The lowest BCUT2D eigenvalue weighted by Gasteiger charge is -2.10. The first-order valence-corrected chi connectivity index (χ1v) is 6.65. The molecule has 1 amide bonds. The van der Waals surface area contributed by atoms with E-state index in [0.717, 1.165) is 18.4 Å². The van der Waals surface area contributed by atoms with Gasteiger partial charge in [-0.3, -0.25) is 4.79 Å². The fraction of sp³-hybridized carbons (Fsp3) is 0.312. The molecule has 3 nitrogen and oxygen atoms in total. The Bertz CT molecular complexity index is 676. The van der Waals surface area contributed by atoms with Gasteiger partial charge < -0.3 is 10.3 Å². The third-order valence-corrected chi connectivity index (χ3v) is 3.71. The van der Waals surface area contributed by atoms with Crippen molar-refractivity contribution in [1.82, 2.24) is 10.3 Å². The van der Waals surface area contributed by atoms with E-state index in [4.69, 9.17) is 6.42 Å². The molecule has 0 radical (unpaired) electrons. The molecule has 0 aliphatic heterocycles. The van der Waals surface area contributed by atoms with Crippen molar-refractivity contribution in [2.75, 3.05) is 6.54 Å². The predicted molar refractivity (Wildman–Crippen MR) is 76.1 cm³/mol. The molecule has 0 unspecified atom stereocenters. The monoisotopic (exact) mass is 252 g/mol. The first-order valence-electron chi connectivity index (χ1n) is 6.65. The fourth-order valence-electron chi connectivity index (χ4n) is 2.78. The van der Waals surface area contributed by atoms with Crippen LogP contribution in [-0.2, 0) is 12.8 Å². The molecule has 19 heavy (non-hydrogen) atoms. The van der Waals surface area contributed by atoms with Gasteiger partial charge in [-0.05, 0) is 49.4 Å². The highest BCUT2D eigenvalue weighted by Gasteiger charge is 2.16. The molecule has 0 fully saturated rings. The predicted octanol–water partition coefficient (Wildman–Crippen LogP) is 2.41. The number of fused-ring (bicyclic) bond motifs is 3. The molecule has 1 aliphatic rings. The highest BCUT2D eigenvalue weighted by Crippen LogP contribution is 2.29. The molecule has 1 aromatic heterocycles. The second-order valence-corrected chi connectivity index (χ2v) is 4.94. The van der Waals surface area contributed by atoms with E-state index >= 15 is 0 Å². The number of nitrogens with one attached hydrogen (secondary N) is 2. The minimum Gasteiger partial charge on any atom is -0.358 e. The Morgan fingerprint density at radius 1 is 1.37 bits per heavy atom. The number of carbonyl (C=O) groups is 1. The lowest BCUT2D eigenvalue weighted by molar-refractivity contribution is 0.0959. The number of benzene rings is 1. The highest BCUT2D eigenvalue weighted by molar-refractivity contribution is 5.99. The molecule has 0 saturated carbocycles. The van der Waals surface area contributed by atoms with Gasteiger partial charge in [0.15, 0.2) is 0 Å². The van der Waals surface area contributed by atoms with Gasteiger partial charge in [-0.15, -0.1) is 6.42 Å². The summed E-state index contributed by atoms with van der Waals surface area (Å²) < 4.78 is 0. The van der Waals surface area contributed by atoms with Gasteiger partial charge in [0.2, 0.25) is 0 Å². The number of hydrogen-bond acceptors (Lipinski definition) is 1. The highest BCUT2D eigenvalue weighted by atomic mass is 16.1. The van der Waals surface area contributed by atoms with Gasteiger partial charge in [-0.1, -0.05) is 5.92 Å². The van der Waals surface area contributed by atoms with Crippen LogP contribution in [0.5, 0.6) is 0 Å². The van der Waals surface area contributed by atoms with Crippen LogP contribution in [0.15, 0.2) is 18.2 Å². The van der Waals surface area contributed by atoms with Gasteiger partial charge >= 0.3 is 0 Å². The quantitative estimate of drug-likeness (QED) is 0.792. The summed E-state index contributed by atoms with van der Waals surface area (Å²) in [5.41, 5.74) is 4.52. The summed E-state index contributed by atoms with van der Waals surface area (Å²) in [6, 6.07) is 5.80. The Balaban J connectivity index is 2.00. The molecule has 1 aromatic carbocycles. The lowest BCUT2D eigenvalue weighted by Crippen LogP contribution is -2.23. The van der Waals surface area contributed by atoms with E-state index < -0.39 is 0 Å². The molecule has 3 rings (SSSR count). The minimum atomic E-state index is -0.106. The molecule has 96 valence electrons. The van der Waals surface area contributed by atoms with E-state index in [1.54, 1.807) is 0 Å². The lowest BCUT2D eigenvalue weighted by atomic mass is 9.95. The SMILES string of the molecule is C#CCNC(=O)c1ccc2[nH]c3c(c2c1)CCCC3. The van der Waals surface area contributed by atoms with Crippen molar-refractivity contribution in [2.45, 2.75) is 25.7 Å². The van der Waals surface area contributed by atoms with Crippen molar-refractivity contribution >= 4 is 16.8 Å². The summed E-state index contributed by atoms with van der Waals surface area (Å²) in [6.45, 7) is 0.266. The number of terminal acetylenes is 1. The zero-order valence-corrected chi connectivity index (χ0v) is 10.8. The molecule has 1 aliphatic carbocycles. The van der Waals surface area contributed by atoms with Crippen LogP contribution in [0.3, 0.4) is 0 Å². The maximum atomic E-state index is 11.9. The van der Waals surface area contributed by atoms with Crippen LogP contribution in [-0.4, -0.2) is 17.4 Å². The first-order chi connectivity index (χ1) is 9.29. The van der Waals surface area contributed by atoms with Crippen molar-refractivity contribution in [3.05, 3.63) is 35.0 Å². The maximum absolute atomic E-state index is 11.9. The van der Waals surface area contributed by atoms with E-state index in [1.807, 2.05) is 18.2 Å². The number of hydrogen-bond donors (Lipinski definition) is 2. The van der Waals surface area contributed by atoms with Crippen LogP contribution in [0.4, 0.5) is 0 Å². The number of H-pyrrole nitrogens is 1. The summed E-state index contributed by atoms with van der Waals surface area (Å²) in [7, 11) is 0. The normalized spacial score (nSPS) is 13.8. The Morgan fingerprint density at radius 2 is 2.21 bits per heavy atom. The van der Waals surface area contributed by atoms with Crippen LogP contribution < -0.4 is 5.32 Å². The largest absolute Gasteiger partial charge is 0.358 e. The van der Waals surface area contributed by atoms with Crippen LogP contribution >= 0.6 is 0 Å². The van der Waals surface area contributed by atoms with Crippen LogP contribution in [0, 0.1) is 12.3 Å². The van der Waals surface area contributed by atoms with E-state index in [2.05, 4.69) is 16.2 Å². The summed E-state index contributed by atoms with van der Waals surface area (Å²) in [5.74, 6) is 2.31. The molecule has 0 spiro atoms. The van der Waals surface area contributed by atoms with Gasteiger partial charge in [0.1, 0.15) is 0 Å². The third-order valence-electron chi connectivity index (χ3n) is 3.71. The van der Waals surface area contributed by atoms with Gasteiger partial charge in [0.05, 0.1) is 6.54 Å². The van der Waals surface area contributed by atoms with Crippen LogP contribution in [0.1, 0.15) is 34.5 Å². The molecule has 2 aromatic rings. The number of aromatic amines is 1. The van der Waals surface area contributed by atoms with E-state index in [0.29, 0.717) is 5.56 Å². The number of aromatic nitrogens is 1. The molecule has 1 heterocycles. The second kappa shape index (κ2) is 4.81. The Kier molecular flexibility index (Phi) is 3.00. The maximum Gasteiger partial charge on any atom is 0.252 e. The van der Waals surface area contributed by atoms with Crippen molar-refractivity contribution in [2.24, 2.45) is 0 Å². The molecular formula is C16H16N2O. The average molecular weight is 252 g/mol. The summed E-state index contributed by atoms with van der Waals surface area (Å²) in [6.07, 6.45) is 9.84. The van der Waals surface area contributed by atoms with E-state index in [1.165, 1.54) is 29.5 Å². The molecule has 0 saturated heterocycles. The minimum absolute atomic E-state index is 0.106. The average Bonchev–Trinajstić information content (AvgIpc) is 2.82. The number of carbonyl (C=O) groups excluding carboxylic acids is 1. The zero-order valence-electron chi connectivity index (χ0n) is 10.8. The number of amides is 1. The van der Waals surface area contributed by atoms with E-state index in [-0.39, 0.29) is 12.5 Å². The van der Waals surface area contributed by atoms with Gasteiger partial charge in [0, 0.05) is 22.2 Å². The van der Waals surface area contributed by atoms with Crippen molar-refractivity contribution < 1.29 is 4.79 Å². The van der Waals surface area contributed by atoms with Gasteiger partial charge in [0.25, 0.3) is 5.91 Å². The Hall–Kier alpha value is -2.21. The molecule has 0 bridgehead atoms. The van der Waals surface area contributed by atoms with E-state index in [9.17, 15) is 4.79 Å². The topological polar surface area (TPSA) is 44.9 Å². The smallest absolute Gasteiger partial charge is 0.252 e. The molecule has 2 N–H and O–H groups in total. The number of rotatable bonds is 2. The summed E-state index contributed by atoms with van der Waals surface area (Å²) in [5, 5.41) is 3.88. The molecule has 3 heteroatoms. The van der Waals surface area contributed by atoms with Crippen molar-refractivity contribution in [3.63, 3.8) is 0 Å². The Morgan fingerprint density at radius 3 is 3.05 bits per heavy atom. The third kappa shape index (κ3) is 2.10. The van der Waals surface area contributed by atoms with Gasteiger partial charge in [-0.2, -0.15) is 0 Å². The number of aryl methyl sites for hydroxylation is 2. The molecule has 0 atom stereocenters. The zero-order chi connectivity index (χ0) is 13.2.